The summed E-state index contributed by atoms with van der Waals surface area (Å²) in [6, 6.07) is 120. The van der Waals surface area contributed by atoms with E-state index in [2.05, 4.69) is 309 Å². The third-order valence-electron chi connectivity index (χ3n) is 23.6. The summed E-state index contributed by atoms with van der Waals surface area (Å²) >= 11 is 0. The molecule has 0 saturated carbocycles. The molecule has 107 heavy (non-hydrogen) atoms. The standard InChI is InChI=1S/C102H54O5/c1-6-31-89-64(17-1)76-24-12-23-75(98(76)103-89)62-42-36-55-38-44-71-84(80-28-13-25-77-65-18-2-7-32-90(65)104-99(77)80)53-83(73-48-46-69(62)94(55)96(71)73)61-22-11-16-58-50-57(40-41-60(58)61)59-51-87(102-88(52-59)68-21-5-10-35-93(68)107-102)63-43-37-56-39-45-72-85(81-29-14-26-78-66-19-3-8-33-91(66)105-100(78)81)54-86(74-49-47-70(63)95(56)97(72)74)82-30-15-27-79-67-20-4-9-34-92(67)106-101(79)82/h1-54H. The fourth-order valence-electron chi connectivity index (χ4n) is 18.9. The van der Waals surface area contributed by atoms with Crippen molar-refractivity contribution < 1.29 is 22.1 Å². The molecule has 5 heteroatoms. The predicted octanol–water partition coefficient (Wildman–Crippen LogP) is 29.8. The molecule has 0 aliphatic rings. The molecule has 0 fully saturated rings. The van der Waals surface area contributed by atoms with Gasteiger partial charge in [-0.05, 0) is 186 Å². The van der Waals surface area contributed by atoms with Crippen molar-refractivity contribution in [2.45, 2.75) is 0 Å². The van der Waals surface area contributed by atoms with Crippen LogP contribution in [0.1, 0.15) is 0 Å². The van der Waals surface area contributed by atoms with Crippen LogP contribution in [0.15, 0.2) is 350 Å². The van der Waals surface area contributed by atoms with Crippen LogP contribution >= 0.6 is 0 Å². The number of para-hydroxylation sites is 9. The summed E-state index contributed by atoms with van der Waals surface area (Å²) in [5.41, 5.74) is 23.9. The van der Waals surface area contributed by atoms with Crippen molar-refractivity contribution in [2.75, 3.05) is 0 Å². The van der Waals surface area contributed by atoms with Gasteiger partial charge in [0.15, 0.2) is 0 Å². The van der Waals surface area contributed by atoms with Gasteiger partial charge in [0.2, 0.25) is 0 Å². The van der Waals surface area contributed by atoms with Crippen molar-refractivity contribution in [2.24, 2.45) is 0 Å². The highest BCUT2D eigenvalue weighted by Gasteiger charge is 2.28. The smallest absolute Gasteiger partial charge is 0.143 e. The average Bonchev–Trinajstić information content (AvgIpc) is 1.59. The highest BCUT2D eigenvalue weighted by Crippen LogP contribution is 2.54. The lowest BCUT2D eigenvalue weighted by molar-refractivity contribution is 0.669. The van der Waals surface area contributed by atoms with E-state index in [1.165, 1.54) is 43.1 Å². The van der Waals surface area contributed by atoms with Crippen molar-refractivity contribution in [3.63, 3.8) is 0 Å². The summed E-state index contributed by atoms with van der Waals surface area (Å²) in [5, 5.41) is 27.3. The first-order valence-electron chi connectivity index (χ1n) is 36.7. The largest absolute Gasteiger partial charge is 0.455 e. The van der Waals surface area contributed by atoms with Crippen LogP contribution in [0.25, 0.3) is 263 Å². The zero-order chi connectivity index (χ0) is 69.4. The maximum atomic E-state index is 7.12. The molecule has 20 aromatic carbocycles. The Labute approximate surface area is 608 Å². The van der Waals surface area contributed by atoms with E-state index in [0.29, 0.717) is 0 Å². The van der Waals surface area contributed by atoms with Crippen molar-refractivity contribution in [3.8, 4) is 77.9 Å². The van der Waals surface area contributed by atoms with Crippen molar-refractivity contribution in [3.05, 3.63) is 328 Å². The van der Waals surface area contributed by atoms with Gasteiger partial charge in [0.1, 0.15) is 55.8 Å². The van der Waals surface area contributed by atoms with E-state index in [4.69, 9.17) is 22.1 Å². The zero-order valence-corrected chi connectivity index (χ0v) is 57.2. The van der Waals surface area contributed by atoms with Crippen LogP contribution in [0.4, 0.5) is 0 Å². The van der Waals surface area contributed by atoms with Gasteiger partial charge in [-0.25, -0.2) is 0 Å². The molecular formula is C102H54O5. The van der Waals surface area contributed by atoms with Crippen molar-refractivity contribution in [1.82, 2.24) is 0 Å². The number of fused-ring (bicyclic) bond motifs is 16. The van der Waals surface area contributed by atoms with Gasteiger partial charge in [0, 0.05) is 81.7 Å². The number of furan rings is 5. The normalized spacial score (nSPS) is 12.5. The molecule has 0 amide bonds. The van der Waals surface area contributed by atoms with Gasteiger partial charge >= 0.3 is 0 Å². The highest BCUT2D eigenvalue weighted by molar-refractivity contribution is 6.34. The van der Waals surface area contributed by atoms with Crippen LogP contribution in [0.5, 0.6) is 0 Å². The SMILES string of the molecule is c1cc(-c2cc(-c3cccc4c3oc3ccccc34)c3ccc4ccc(-c5cccc6c5oc5ccccc56)c5ccc2c3c45)c2ccc(-c3cc(-c4ccc5ccc6c(-c7cccc8c7oc7ccccc78)cc(-c7cccc8c7oc7ccccc78)c7ccc4c5c67)c4oc5ccccc5c4c3)cc2c1. The number of hydrogen-bond acceptors (Lipinski definition) is 5. The number of rotatable bonds is 7. The predicted molar refractivity (Wildman–Crippen MR) is 446 cm³/mol. The monoisotopic (exact) mass is 1360 g/mol. The van der Waals surface area contributed by atoms with E-state index >= 15 is 0 Å². The maximum absolute atomic E-state index is 7.12. The fourth-order valence-corrected chi connectivity index (χ4v) is 18.9. The van der Waals surface area contributed by atoms with Crippen LogP contribution in [0.2, 0.25) is 0 Å². The highest BCUT2D eigenvalue weighted by atomic mass is 16.3. The summed E-state index contributed by atoms with van der Waals surface area (Å²) in [7, 11) is 0. The van der Waals surface area contributed by atoms with Crippen LogP contribution in [0.3, 0.4) is 0 Å². The topological polar surface area (TPSA) is 65.7 Å². The van der Waals surface area contributed by atoms with Gasteiger partial charge in [-0.1, -0.05) is 267 Å². The van der Waals surface area contributed by atoms with Crippen LogP contribution in [-0.4, -0.2) is 0 Å². The lowest BCUT2D eigenvalue weighted by atomic mass is 9.82. The molecule has 0 bridgehead atoms. The molecule has 5 nitrogen and oxygen atoms in total. The first-order valence-corrected chi connectivity index (χ1v) is 36.7. The molecule has 0 aliphatic heterocycles. The summed E-state index contributed by atoms with van der Waals surface area (Å²) in [6.45, 7) is 0. The first-order chi connectivity index (χ1) is 53.0. The third kappa shape index (κ3) is 7.90. The van der Waals surface area contributed by atoms with Crippen molar-refractivity contribution in [1.29, 1.82) is 0 Å². The molecule has 0 spiro atoms. The number of benzene rings is 20. The minimum absolute atomic E-state index is 0.847. The second-order valence-corrected chi connectivity index (χ2v) is 29.0. The molecule has 5 aromatic heterocycles. The quantitative estimate of drug-likeness (QED) is 0.149. The Hall–Kier alpha value is -14.3. The molecule has 25 aromatic rings. The van der Waals surface area contributed by atoms with Gasteiger partial charge < -0.3 is 22.1 Å². The molecular weight excluding hydrogens is 1310 g/mol. The van der Waals surface area contributed by atoms with E-state index < -0.39 is 0 Å². The van der Waals surface area contributed by atoms with Crippen LogP contribution < -0.4 is 0 Å². The minimum atomic E-state index is 0.847. The third-order valence-corrected chi connectivity index (χ3v) is 23.6. The van der Waals surface area contributed by atoms with E-state index in [9.17, 15) is 0 Å². The fraction of sp³-hybridized carbons (Fsp3) is 0. The van der Waals surface area contributed by atoms with Gasteiger partial charge in [-0.15, -0.1) is 0 Å². The van der Waals surface area contributed by atoms with E-state index in [1.807, 2.05) is 18.2 Å². The van der Waals surface area contributed by atoms with Crippen molar-refractivity contribution >= 4 is 185 Å². The average molecular weight is 1360 g/mol. The van der Waals surface area contributed by atoms with Crippen LogP contribution in [-0.2, 0) is 0 Å². The molecule has 0 atom stereocenters. The number of hydrogen-bond donors (Lipinski definition) is 0. The Kier molecular flexibility index (Phi) is 11.3. The molecule has 0 radical (unpaired) electrons. The van der Waals surface area contributed by atoms with E-state index in [-0.39, 0.29) is 0 Å². The Bertz CT molecular complexity index is 8070. The van der Waals surface area contributed by atoms with Gasteiger partial charge in [-0.3, -0.25) is 0 Å². The minimum Gasteiger partial charge on any atom is -0.455 e. The molecule has 25 rings (SSSR count). The Morgan fingerprint density at radius 1 is 0.131 bits per heavy atom. The van der Waals surface area contributed by atoms with Crippen LogP contribution in [0, 0.1) is 0 Å². The lowest BCUT2D eigenvalue weighted by Crippen LogP contribution is -1.93. The van der Waals surface area contributed by atoms with Gasteiger partial charge in [-0.2, -0.15) is 0 Å². The molecule has 0 aliphatic carbocycles. The maximum Gasteiger partial charge on any atom is 0.143 e. The summed E-state index contributed by atoms with van der Waals surface area (Å²) in [5.74, 6) is 0. The first kappa shape index (κ1) is 57.3. The van der Waals surface area contributed by atoms with Gasteiger partial charge in [0.25, 0.3) is 0 Å². The second-order valence-electron chi connectivity index (χ2n) is 29.0. The van der Waals surface area contributed by atoms with Gasteiger partial charge in [0.05, 0.1) is 0 Å². The molecule has 492 valence electrons. The second kappa shape index (κ2) is 21.2. The Balaban J connectivity index is 0.701. The summed E-state index contributed by atoms with van der Waals surface area (Å²) < 4.78 is 34.6. The molecule has 0 saturated heterocycles. The summed E-state index contributed by atoms with van der Waals surface area (Å²) in [6.07, 6.45) is 0. The Morgan fingerprint density at radius 3 is 0.860 bits per heavy atom. The summed E-state index contributed by atoms with van der Waals surface area (Å²) in [4.78, 5) is 0. The molecule has 0 N–H and O–H groups in total. The molecule has 0 unspecified atom stereocenters. The molecule has 5 heterocycles. The van der Waals surface area contributed by atoms with E-state index in [1.54, 1.807) is 0 Å². The lowest BCUT2D eigenvalue weighted by Gasteiger charge is -2.20. The van der Waals surface area contributed by atoms with E-state index in [0.717, 1.165) is 220 Å². The Morgan fingerprint density at radius 2 is 0.430 bits per heavy atom. The zero-order valence-electron chi connectivity index (χ0n) is 57.2.